The number of hydrogen-bond acceptors (Lipinski definition) is 4. The fourth-order valence-electron chi connectivity index (χ4n) is 2.72. The maximum atomic E-state index is 12.4. The Morgan fingerprint density at radius 3 is 2.25 bits per heavy atom. The number of benzene rings is 3. The van der Waals surface area contributed by atoms with Crippen molar-refractivity contribution in [3.8, 4) is 0 Å². The molecule has 0 fully saturated rings. The summed E-state index contributed by atoms with van der Waals surface area (Å²) < 4.78 is 0.880. The van der Waals surface area contributed by atoms with Gasteiger partial charge in [-0.15, -0.1) is 0 Å². The predicted molar refractivity (Wildman–Crippen MR) is 113 cm³/mol. The van der Waals surface area contributed by atoms with E-state index in [1.165, 1.54) is 11.3 Å². The van der Waals surface area contributed by atoms with Crippen LogP contribution in [0.5, 0.6) is 0 Å². The lowest BCUT2D eigenvalue weighted by molar-refractivity contribution is 0.101. The van der Waals surface area contributed by atoms with Gasteiger partial charge < -0.3 is 5.32 Å². The minimum Gasteiger partial charge on any atom is -0.322 e. The average molecular weight is 387 g/mol. The molecule has 6 heteroatoms. The van der Waals surface area contributed by atoms with Crippen LogP contribution >= 0.6 is 11.3 Å². The first-order valence-electron chi connectivity index (χ1n) is 8.73. The van der Waals surface area contributed by atoms with Gasteiger partial charge in [-0.2, -0.15) is 0 Å². The lowest BCUT2D eigenvalue weighted by Crippen LogP contribution is -2.11. The van der Waals surface area contributed by atoms with Gasteiger partial charge in [-0.3, -0.25) is 14.9 Å². The molecule has 0 atom stereocenters. The largest absolute Gasteiger partial charge is 0.322 e. The molecule has 1 heterocycles. The first-order chi connectivity index (χ1) is 13.6. The zero-order chi connectivity index (χ0) is 19.5. The summed E-state index contributed by atoms with van der Waals surface area (Å²) >= 11 is 1.37. The molecule has 4 rings (SSSR count). The standard InChI is InChI=1S/C22H17N3O2S/c1-14-7-9-16(10-8-14)21(27)25-22-24-18-12-11-17(13-19(18)28-22)23-20(26)15-5-3-2-4-6-15/h2-13H,1H3,(H,23,26)(H,24,25,27). The topological polar surface area (TPSA) is 71.1 Å². The van der Waals surface area contributed by atoms with E-state index in [1.807, 2.05) is 49.4 Å². The maximum Gasteiger partial charge on any atom is 0.257 e. The third kappa shape index (κ3) is 3.92. The number of carbonyl (C=O) groups excluding carboxylic acids is 2. The van der Waals surface area contributed by atoms with Crippen LogP contribution in [0.15, 0.2) is 72.8 Å². The Hall–Kier alpha value is -3.51. The quantitative estimate of drug-likeness (QED) is 0.511. The minimum absolute atomic E-state index is 0.169. The van der Waals surface area contributed by atoms with Gasteiger partial charge in [0.2, 0.25) is 0 Å². The number of thiazole rings is 1. The number of aromatic nitrogens is 1. The third-order valence-electron chi connectivity index (χ3n) is 4.22. The third-order valence-corrected chi connectivity index (χ3v) is 5.15. The first-order valence-corrected chi connectivity index (χ1v) is 9.55. The van der Waals surface area contributed by atoms with Crippen LogP contribution in [0, 0.1) is 6.92 Å². The highest BCUT2D eigenvalue weighted by Crippen LogP contribution is 2.29. The molecule has 4 aromatic rings. The highest BCUT2D eigenvalue weighted by atomic mass is 32.1. The van der Waals surface area contributed by atoms with Gasteiger partial charge in [0.1, 0.15) is 0 Å². The van der Waals surface area contributed by atoms with Crippen LogP contribution < -0.4 is 10.6 Å². The van der Waals surface area contributed by atoms with E-state index in [4.69, 9.17) is 0 Å². The molecular weight excluding hydrogens is 370 g/mol. The Morgan fingerprint density at radius 2 is 1.50 bits per heavy atom. The normalized spacial score (nSPS) is 10.6. The van der Waals surface area contributed by atoms with Crippen molar-refractivity contribution in [1.82, 2.24) is 4.98 Å². The van der Waals surface area contributed by atoms with E-state index in [1.54, 1.807) is 30.3 Å². The molecule has 0 spiro atoms. The summed E-state index contributed by atoms with van der Waals surface area (Å²) in [7, 11) is 0. The van der Waals surface area contributed by atoms with Crippen LogP contribution in [-0.4, -0.2) is 16.8 Å². The second-order valence-electron chi connectivity index (χ2n) is 6.34. The Morgan fingerprint density at radius 1 is 0.821 bits per heavy atom. The molecule has 5 nitrogen and oxygen atoms in total. The summed E-state index contributed by atoms with van der Waals surface area (Å²) in [4.78, 5) is 29.1. The van der Waals surface area contributed by atoms with Crippen LogP contribution in [0.3, 0.4) is 0 Å². The molecule has 2 amide bonds. The second kappa shape index (κ2) is 7.62. The number of aryl methyl sites for hydroxylation is 1. The highest BCUT2D eigenvalue weighted by Gasteiger charge is 2.11. The van der Waals surface area contributed by atoms with Crippen molar-refractivity contribution in [2.45, 2.75) is 6.92 Å². The average Bonchev–Trinajstić information content (AvgIpc) is 3.10. The number of anilines is 2. The van der Waals surface area contributed by atoms with Gasteiger partial charge in [-0.1, -0.05) is 47.2 Å². The molecular formula is C22H17N3O2S. The van der Waals surface area contributed by atoms with Gasteiger partial charge in [-0.05, 0) is 49.4 Å². The summed E-state index contributed by atoms with van der Waals surface area (Å²) in [5, 5.41) is 6.24. The van der Waals surface area contributed by atoms with Gasteiger partial charge in [0.05, 0.1) is 10.2 Å². The minimum atomic E-state index is -0.198. The summed E-state index contributed by atoms with van der Waals surface area (Å²) in [6.07, 6.45) is 0. The monoisotopic (exact) mass is 387 g/mol. The van der Waals surface area contributed by atoms with E-state index >= 15 is 0 Å². The molecule has 0 saturated carbocycles. The van der Waals surface area contributed by atoms with Crippen molar-refractivity contribution in [2.24, 2.45) is 0 Å². The summed E-state index contributed by atoms with van der Waals surface area (Å²) in [6, 6.07) is 21.9. The van der Waals surface area contributed by atoms with Gasteiger partial charge in [-0.25, -0.2) is 4.98 Å². The second-order valence-corrected chi connectivity index (χ2v) is 7.37. The molecule has 3 aromatic carbocycles. The van der Waals surface area contributed by atoms with Crippen molar-refractivity contribution < 1.29 is 9.59 Å². The van der Waals surface area contributed by atoms with E-state index in [0.29, 0.717) is 21.9 Å². The SMILES string of the molecule is Cc1ccc(C(=O)Nc2nc3ccc(NC(=O)c4ccccc4)cc3s2)cc1. The summed E-state index contributed by atoms with van der Waals surface area (Å²) in [5.41, 5.74) is 3.73. The van der Waals surface area contributed by atoms with Gasteiger partial charge in [0.15, 0.2) is 5.13 Å². The molecule has 0 aliphatic heterocycles. The highest BCUT2D eigenvalue weighted by molar-refractivity contribution is 7.22. The Labute approximate surface area is 166 Å². The fraction of sp³-hybridized carbons (Fsp3) is 0.0455. The Kier molecular flexibility index (Phi) is 4.87. The molecule has 0 bridgehead atoms. The molecule has 0 radical (unpaired) electrons. The number of fused-ring (bicyclic) bond motifs is 1. The van der Waals surface area contributed by atoms with E-state index in [-0.39, 0.29) is 11.8 Å². The molecule has 1 aromatic heterocycles. The van der Waals surface area contributed by atoms with Crippen LogP contribution in [-0.2, 0) is 0 Å². The van der Waals surface area contributed by atoms with Gasteiger partial charge >= 0.3 is 0 Å². The zero-order valence-electron chi connectivity index (χ0n) is 15.1. The number of nitrogens with one attached hydrogen (secondary N) is 2. The van der Waals surface area contributed by atoms with Crippen molar-refractivity contribution in [2.75, 3.05) is 10.6 Å². The first kappa shape index (κ1) is 17.9. The van der Waals surface area contributed by atoms with Gasteiger partial charge in [0, 0.05) is 16.8 Å². The summed E-state index contributed by atoms with van der Waals surface area (Å²) in [5.74, 6) is -0.367. The number of nitrogens with zero attached hydrogens (tertiary/aromatic N) is 1. The Balaban J connectivity index is 1.51. The predicted octanol–water partition coefficient (Wildman–Crippen LogP) is 5.11. The molecule has 0 aliphatic rings. The molecule has 28 heavy (non-hydrogen) atoms. The van der Waals surface area contributed by atoms with E-state index in [0.717, 1.165) is 15.8 Å². The van der Waals surface area contributed by atoms with Crippen molar-refractivity contribution in [1.29, 1.82) is 0 Å². The lowest BCUT2D eigenvalue weighted by Gasteiger charge is -2.04. The van der Waals surface area contributed by atoms with Crippen LogP contribution in [0.1, 0.15) is 26.3 Å². The smallest absolute Gasteiger partial charge is 0.257 e. The van der Waals surface area contributed by atoms with Crippen LogP contribution in [0.25, 0.3) is 10.2 Å². The lowest BCUT2D eigenvalue weighted by atomic mass is 10.1. The summed E-state index contributed by atoms with van der Waals surface area (Å²) in [6.45, 7) is 1.98. The zero-order valence-corrected chi connectivity index (χ0v) is 15.9. The fourth-order valence-corrected chi connectivity index (χ4v) is 3.62. The van der Waals surface area contributed by atoms with E-state index in [9.17, 15) is 9.59 Å². The molecule has 0 aliphatic carbocycles. The maximum absolute atomic E-state index is 12.4. The molecule has 2 N–H and O–H groups in total. The number of carbonyl (C=O) groups is 2. The van der Waals surface area contributed by atoms with E-state index < -0.39 is 0 Å². The number of rotatable bonds is 4. The van der Waals surface area contributed by atoms with Gasteiger partial charge in [0.25, 0.3) is 11.8 Å². The van der Waals surface area contributed by atoms with Crippen LogP contribution in [0.2, 0.25) is 0 Å². The van der Waals surface area contributed by atoms with Crippen molar-refractivity contribution in [3.63, 3.8) is 0 Å². The molecule has 0 unspecified atom stereocenters. The molecule has 0 saturated heterocycles. The Bertz CT molecular complexity index is 1150. The van der Waals surface area contributed by atoms with Crippen LogP contribution in [0.4, 0.5) is 10.8 Å². The van der Waals surface area contributed by atoms with Crippen molar-refractivity contribution in [3.05, 3.63) is 89.5 Å². The molecule has 138 valence electrons. The number of amides is 2. The number of hydrogen-bond donors (Lipinski definition) is 2. The van der Waals surface area contributed by atoms with Crippen molar-refractivity contribution >= 4 is 44.2 Å². The van der Waals surface area contributed by atoms with E-state index in [2.05, 4.69) is 15.6 Å².